The second kappa shape index (κ2) is 6.33. The van der Waals surface area contributed by atoms with E-state index in [-0.39, 0.29) is 18.1 Å². The van der Waals surface area contributed by atoms with Crippen LogP contribution < -0.4 is 10.5 Å². The molecule has 0 heterocycles. The van der Waals surface area contributed by atoms with Gasteiger partial charge >= 0.3 is 0 Å². The Hall–Kier alpha value is -1.15. The zero-order chi connectivity index (χ0) is 14.6. The molecule has 0 aliphatic carbocycles. The smallest absolute Gasteiger partial charge is 0.241 e. The van der Waals surface area contributed by atoms with Crippen molar-refractivity contribution in [3.63, 3.8) is 0 Å². The fraction of sp³-hybridized carbons (Fsp3) is 0.500. The maximum atomic E-state index is 12.3. The molecule has 1 unspecified atom stereocenters. The quantitative estimate of drug-likeness (QED) is 0.648. The Balaban J connectivity index is 3.13. The third kappa shape index (κ3) is 3.90. The number of sulfonamides is 1. The normalized spacial score (nSPS) is 13.5. The molecular formula is C12H20N2O4S. The monoisotopic (exact) mass is 288 g/mol. The summed E-state index contributed by atoms with van der Waals surface area (Å²) in [5.74, 6) is 0. The van der Waals surface area contributed by atoms with Crippen molar-refractivity contribution < 1.29 is 18.3 Å². The van der Waals surface area contributed by atoms with Crippen molar-refractivity contribution in [2.24, 2.45) is 0 Å². The SMILES string of the molecule is COCC(CO)NS(=O)(=O)c1cc(N)cc(C)c1C. The minimum Gasteiger partial charge on any atom is -0.399 e. The summed E-state index contributed by atoms with van der Waals surface area (Å²) >= 11 is 0. The highest BCUT2D eigenvalue weighted by Gasteiger charge is 2.22. The Kier molecular flexibility index (Phi) is 5.30. The highest BCUT2D eigenvalue weighted by atomic mass is 32.2. The molecule has 0 radical (unpaired) electrons. The van der Waals surface area contributed by atoms with Crippen LogP contribution in [0.2, 0.25) is 0 Å². The van der Waals surface area contributed by atoms with E-state index in [9.17, 15) is 8.42 Å². The summed E-state index contributed by atoms with van der Waals surface area (Å²) in [6.45, 7) is 3.26. The predicted octanol–water partition coefficient (Wildman–Crippen LogP) is 0.171. The summed E-state index contributed by atoms with van der Waals surface area (Å²) in [5.41, 5.74) is 7.50. The molecule has 4 N–H and O–H groups in total. The van der Waals surface area contributed by atoms with Crippen LogP contribution in [0.25, 0.3) is 0 Å². The summed E-state index contributed by atoms with van der Waals surface area (Å²) in [4.78, 5) is 0.125. The van der Waals surface area contributed by atoms with Gasteiger partial charge in [0.05, 0.1) is 24.2 Å². The number of rotatable bonds is 6. The maximum absolute atomic E-state index is 12.3. The molecule has 108 valence electrons. The third-order valence-electron chi connectivity index (χ3n) is 2.84. The van der Waals surface area contributed by atoms with Gasteiger partial charge in [-0.1, -0.05) is 0 Å². The number of aliphatic hydroxyl groups excluding tert-OH is 1. The average molecular weight is 288 g/mol. The van der Waals surface area contributed by atoms with E-state index in [1.54, 1.807) is 19.9 Å². The van der Waals surface area contributed by atoms with Crippen molar-refractivity contribution in [1.29, 1.82) is 0 Å². The molecule has 0 aromatic heterocycles. The molecule has 0 bridgehead atoms. The lowest BCUT2D eigenvalue weighted by molar-refractivity contribution is 0.139. The fourth-order valence-electron chi connectivity index (χ4n) is 1.74. The van der Waals surface area contributed by atoms with Gasteiger partial charge in [0.15, 0.2) is 0 Å². The van der Waals surface area contributed by atoms with Crippen molar-refractivity contribution in [1.82, 2.24) is 4.72 Å². The zero-order valence-corrected chi connectivity index (χ0v) is 12.1. The topological polar surface area (TPSA) is 102 Å². The number of hydrogen-bond acceptors (Lipinski definition) is 5. The van der Waals surface area contributed by atoms with E-state index in [1.165, 1.54) is 13.2 Å². The van der Waals surface area contributed by atoms with E-state index in [2.05, 4.69) is 4.72 Å². The minimum atomic E-state index is -3.74. The number of nitrogens with two attached hydrogens (primary N) is 1. The molecule has 0 aliphatic rings. The number of anilines is 1. The molecule has 0 aliphatic heterocycles. The van der Waals surface area contributed by atoms with Gasteiger partial charge in [-0.25, -0.2) is 13.1 Å². The molecule has 0 saturated heterocycles. The van der Waals surface area contributed by atoms with Crippen LogP contribution in [0.4, 0.5) is 5.69 Å². The van der Waals surface area contributed by atoms with Gasteiger partial charge in [-0.15, -0.1) is 0 Å². The Bertz CT molecular complexity index is 543. The fourth-order valence-corrected chi connectivity index (χ4v) is 3.30. The molecular weight excluding hydrogens is 268 g/mol. The molecule has 7 heteroatoms. The number of nitrogen functional groups attached to an aromatic ring is 1. The minimum absolute atomic E-state index is 0.0933. The predicted molar refractivity (Wildman–Crippen MR) is 73.4 cm³/mol. The van der Waals surface area contributed by atoms with E-state index in [1.807, 2.05) is 0 Å². The van der Waals surface area contributed by atoms with Gasteiger partial charge in [0.2, 0.25) is 10.0 Å². The molecule has 0 saturated carbocycles. The summed E-state index contributed by atoms with van der Waals surface area (Å²) in [6.07, 6.45) is 0. The van der Waals surface area contributed by atoms with Crippen molar-refractivity contribution in [3.05, 3.63) is 23.3 Å². The van der Waals surface area contributed by atoms with E-state index in [0.29, 0.717) is 11.3 Å². The Morgan fingerprint density at radius 1 is 1.42 bits per heavy atom. The van der Waals surface area contributed by atoms with Crippen LogP contribution >= 0.6 is 0 Å². The number of benzene rings is 1. The molecule has 1 aromatic rings. The van der Waals surface area contributed by atoms with Crippen LogP contribution in [-0.4, -0.2) is 39.9 Å². The van der Waals surface area contributed by atoms with Crippen LogP contribution in [0.1, 0.15) is 11.1 Å². The van der Waals surface area contributed by atoms with Crippen LogP contribution in [0, 0.1) is 13.8 Å². The van der Waals surface area contributed by atoms with E-state index in [0.717, 1.165) is 5.56 Å². The third-order valence-corrected chi connectivity index (χ3v) is 4.49. The van der Waals surface area contributed by atoms with Gasteiger partial charge in [-0.2, -0.15) is 0 Å². The van der Waals surface area contributed by atoms with Crippen molar-refractivity contribution >= 4 is 15.7 Å². The molecule has 0 fully saturated rings. The van der Waals surface area contributed by atoms with Gasteiger partial charge < -0.3 is 15.6 Å². The zero-order valence-electron chi connectivity index (χ0n) is 11.3. The molecule has 19 heavy (non-hydrogen) atoms. The number of nitrogens with one attached hydrogen (secondary N) is 1. The standard InChI is InChI=1S/C12H20N2O4S/c1-8-4-10(13)5-12(9(8)2)19(16,17)14-11(6-15)7-18-3/h4-5,11,14-15H,6-7,13H2,1-3H3. The molecule has 1 atom stereocenters. The van der Waals surface area contributed by atoms with Gasteiger partial charge in [0, 0.05) is 12.8 Å². The first-order valence-corrected chi connectivity index (χ1v) is 7.29. The first-order chi connectivity index (χ1) is 8.81. The number of aryl methyl sites for hydroxylation is 1. The van der Waals surface area contributed by atoms with E-state index >= 15 is 0 Å². The second-order valence-electron chi connectivity index (χ2n) is 4.42. The first kappa shape index (κ1) is 15.9. The van der Waals surface area contributed by atoms with Crippen LogP contribution in [-0.2, 0) is 14.8 Å². The lowest BCUT2D eigenvalue weighted by Crippen LogP contribution is -2.40. The number of methoxy groups -OCH3 is 1. The lowest BCUT2D eigenvalue weighted by Gasteiger charge is -2.17. The second-order valence-corrected chi connectivity index (χ2v) is 6.10. The summed E-state index contributed by atoms with van der Waals surface area (Å²) in [6, 6.07) is 2.44. The van der Waals surface area contributed by atoms with E-state index < -0.39 is 16.1 Å². The van der Waals surface area contributed by atoms with Gasteiger partial charge in [-0.05, 0) is 37.1 Å². The molecule has 0 amide bonds. The maximum Gasteiger partial charge on any atom is 0.241 e. The van der Waals surface area contributed by atoms with Crippen molar-refractivity contribution in [2.45, 2.75) is 24.8 Å². The van der Waals surface area contributed by atoms with Gasteiger partial charge in [0.1, 0.15) is 0 Å². The number of ether oxygens (including phenoxy) is 1. The Morgan fingerprint density at radius 2 is 2.05 bits per heavy atom. The summed E-state index contributed by atoms with van der Waals surface area (Å²) < 4.78 is 31.8. The highest BCUT2D eigenvalue weighted by Crippen LogP contribution is 2.22. The molecule has 0 spiro atoms. The van der Waals surface area contributed by atoms with Crippen LogP contribution in [0.15, 0.2) is 17.0 Å². The van der Waals surface area contributed by atoms with Crippen LogP contribution in [0.5, 0.6) is 0 Å². The highest BCUT2D eigenvalue weighted by molar-refractivity contribution is 7.89. The van der Waals surface area contributed by atoms with E-state index in [4.69, 9.17) is 15.6 Å². The van der Waals surface area contributed by atoms with Gasteiger partial charge in [-0.3, -0.25) is 0 Å². The van der Waals surface area contributed by atoms with Crippen molar-refractivity contribution in [2.75, 3.05) is 26.1 Å². The number of hydrogen-bond donors (Lipinski definition) is 3. The summed E-state index contributed by atoms with van der Waals surface area (Å²) in [5, 5.41) is 9.11. The van der Waals surface area contributed by atoms with Crippen molar-refractivity contribution in [3.8, 4) is 0 Å². The Labute approximate surface area is 113 Å². The average Bonchev–Trinajstić information content (AvgIpc) is 2.32. The number of aliphatic hydroxyl groups is 1. The largest absolute Gasteiger partial charge is 0.399 e. The molecule has 6 nitrogen and oxygen atoms in total. The lowest BCUT2D eigenvalue weighted by atomic mass is 10.1. The van der Waals surface area contributed by atoms with Crippen LogP contribution in [0.3, 0.4) is 0 Å². The molecule has 1 rings (SSSR count). The first-order valence-electron chi connectivity index (χ1n) is 5.80. The summed E-state index contributed by atoms with van der Waals surface area (Å²) in [7, 11) is -2.30. The Morgan fingerprint density at radius 3 is 2.58 bits per heavy atom. The van der Waals surface area contributed by atoms with Gasteiger partial charge in [0.25, 0.3) is 0 Å². The molecule has 1 aromatic carbocycles.